The Morgan fingerprint density at radius 2 is 1.71 bits per heavy atom. The van der Waals surface area contributed by atoms with Crippen molar-refractivity contribution in [1.82, 2.24) is 5.32 Å². The van der Waals surface area contributed by atoms with Gasteiger partial charge in [0.05, 0.1) is 5.25 Å². The number of hydrogen-bond donors (Lipinski definition) is 1. The summed E-state index contributed by atoms with van der Waals surface area (Å²) in [4.78, 5) is 28.1. The molecular formula is C27H22BrN3O2S. The highest BCUT2D eigenvalue weighted by molar-refractivity contribution is 9.10. The minimum atomic E-state index is -0.497. The number of rotatable bonds is 6. The summed E-state index contributed by atoms with van der Waals surface area (Å²) in [6.07, 6.45) is 0.493. The Morgan fingerprint density at radius 1 is 1.03 bits per heavy atom. The van der Waals surface area contributed by atoms with E-state index < -0.39 is 11.2 Å². The number of thioether (sulfide) groups is 1. The summed E-state index contributed by atoms with van der Waals surface area (Å²) < 4.78 is 0.963. The van der Waals surface area contributed by atoms with E-state index in [1.165, 1.54) is 16.7 Å². The van der Waals surface area contributed by atoms with E-state index in [9.17, 15) is 14.9 Å². The molecule has 1 heterocycles. The highest BCUT2D eigenvalue weighted by Gasteiger charge is 2.40. The second-order valence-corrected chi connectivity index (χ2v) is 10.0. The van der Waals surface area contributed by atoms with E-state index in [0.29, 0.717) is 23.7 Å². The van der Waals surface area contributed by atoms with Gasteiger partial charge in [-0.1, -0.05) is 87.9 Å². The van der Waals surface area contributed by atoms with Crippen LogP contribution in [0.3, 0.4) is 0 Å². The Morgan fingerprint density at radius 3 is 2.35 bits per heavy atom. The van der Waals surface area contributed by atoms with Crippen LogP contribution in [0.1, 0.15) is 16.7 Å². The monoisotopic (exact) mass is 531 g/mol. The molecule has 1 saturated heterocycles. The Labute approximate surface area is 211 Å². The highest BCUT2D eigenvalue weighted by atomic mass is 79.9. The number of benzene rings is 3. The van der Waals surface area contributed by atoms with Crippen molar-refractivity contribution < 1.29 is 9.59 Å². The summed E-state index contributed by atoms with van der Waals surface area (Å²) in [5, 5.41) is 12.7. The molecule has 0 unspecified atom stereocenters. The van der Waals surface area contributed by atoms with Crippen molar-refractivity contribution in [2.75, 3.05) is 4.90 Å². The van der Waals surface area contributed by atoms with E-state index >= 15 is 0 Å². The van der Waals surface area contributed by atoms with Crippen molar-refractivity contribution in [2.24, 2.45) is 0 Å². The summed E-state index contributed by atoms with van der Waals surface area (Å²) in [5.74, 6) is -0.640. The second-order valence-electron chi connectivity index (χ2n) is 7.91. The molecule has 1 aliphatic heterocycles. The molecule has 7 heteroatoms. The molecule has 170 valence electrons. The van der Waals surface area contributed by atoms with Crippen LogP contribution in [0.15, 0.2) is 93.9 Å². The molecule has 0 spiro atoms. The average molecular weight is 532 g/mol. The molecule has 3 aromatic rings. The minimum Gasteiger partial charge on any atom is -0.347 e. The van der Waals surface area contributed by atoms with Crippen LogP contribution in [0.5, 0.6) is 0 Å². The van der Waals surface area contributed by atoms with E-state index in [2.05, 4.69) is 27.3 Å². The van der Waals surface area contributed by atoms with Crippen LogP contribution in [0.4, 0.5) is 5.69 Å². The zero-order chi connectivity index (χ0) is 24.1. The molecule has 3 aromatic carbocycles. The molecule has 1 fully saturated rings. The smallest absolute Gasteiger partial charge is 0.264 e. The maximum Gasteiger partial charge on any atom is 0.264 e. The molecule has 1 aliphatic rings. The number of carbonyl (C=O) groups excluding carboxylic acids is 2. The maximum atomic E-state index is 13.5. The zero-order valence-electron chi connectivity index (χ0n) is 18.5. The highest BCUT2D eigenvalue weighted by Crippen LogP contribution is 2.42. The number of carbonyl (C=O) groups is 2. The lowest BCUT2D eigenvalue weighted by Crippen LogP contribution is -2.32. The quantitative estimate of drug-likeness (QED) is 0.336. The first-order valence-electron chi connectivity index (χ1n) is 10.7. The number of hydrogen-bond acceptors (Lipinski definition) is 4. The fraction of sp³-hybridized carbons (Fsp3) is 0.148. The third-order valence-corrected chi connectivity index (χ3v) is 7.22. The number of nitrogens with one attached hydrogen (secondary N) is 1. The van der Waals surface area contributed by atoms with Crippen molar-refractivity contribution >= 4 is 45.2 Å². The molecule has 0 bridgehead atoms. The number of amides is 2. The van der Waals surface area contributed by atoms with Gasteiger partial charge in [-0.2, -0.15) is 5.26 Å². The molecule has 34 heavy (non-hydrogen) atoms. The van der Waals surface area contributed by atoms with Crippen molar-refractivity contribution in [3.8, 4) is 6.07 Å². The Balaban J connectivity index is 1.66. The fourth-order valence-electron chi connectivity index (χ4n) is 3.62. The van der Waals surface area contributed by atoms with Crippen molar-refractivity contribution in [3.63, 3.8) is 0 Å². The summed E-state index contributed by atoms with van der Waals surface area (Å²) in [7, 11) is 0. The topological polar surface area (TPSA) is 73.2 Å². The molecule has 0 aromatic heterocycles. The third-order valence-electron chi connectivity index (χ3n) is 5.43. The molecule has 4 rings (SSSR count). The fourth-order valence-corrected chi connectivity index (χ4v) is 5.19. The lowest BCUT2D eigenvalue weighted by molar-refractivity contribution is -0.117. The normalized spacial score (nSPS) is 16.8. The zero-order valence-corrected chi connectivity index (χ0v) is 20.9. The SMILES string of the molecule is Cc1ccc(N2C(=O)[C@H](Cc3ccc(Br)cc3)S/C2=C(/C#N)C(=O)NCc2ccccc2)cc1. The van der Waals surface area contributed by atoms with Gasteiger partial charge in [0.1, 0.15) is 16.7 Å². The Kier molecular flexibility index (Phi) is 7.51. The first kappa shape index (κ1) is 23.8. The molecule has 0 radical (unpaired) electrons. The number of nitrogens with zero attached hydrogens (tertiary/aromatic N) is 2. The minimum absolute atomic E-state index is 0.0619. The van der Waals surface area contributed by atoms with Crippen molar-refractivity contribution in [2.45, 2.75) is 25.1 Å². The van der Waals surface area contributed by atoms with Crippen LogP contribution in [0.25, 0.3) is 0 Å². The standard InChI is InChI=1S/C27H22BrN3O2S/c1-18-7-13-22(14-8-18)31-26(33)24(15-19-9-11-21(28)12-10-19)34-27(31)23(16-29)25(32)30-17-20-5-3-2-4-6-20/h2-14,24H,15,17H2,1H3,(H,30,32)/b27-23-/t24-/m0/s1. The first-order chi connectivity index (χ1) is 16.5. The lowest BCUT2D eigenvalue weighted by atomic mass is 10.1. The van der Waals surface area contributed by atoms with Gasteiger partial charge in [-0.15, -0.1) is 0 Å². The van der Waals surface area contributed by atoms with Gasteiger partial charge >= 0.3 is 0 Å². The largest absolute Gasteiger partial charge is 0.347 e. The number of anilines is 1. The maximum absolute atomic E-state index is 13.5. The van der Waals surface area contributed by atoms with E-state index in [1.54, 1.807) is 0 Å². The lowest BCUT2D eigenvalue weighted by Gasteiger charge is -2.19. The van der Waals surface area contributed by atoms with Crippen LogP contribution in [-0.2, 0) is 22.6 Å². The number of aryl methyl sites for hydroxylation is 1. The van der Waals surface area contributed by atoms with Crippen molar-refractivity contribution in [1.29, 1.82) is 5.26 Å². The van der Waals surface area contributed by atoms with Crippen LogP contribution >= 0.6 is 27.7 Å². The second kappa shape index (κ2) is 10.7. The predicted molar refractivity (Wildman–Crippen MR) is 139 cm³/mol. The average Bonchev–Trinajstić information content (AvgIpc) is 3.16. The molecule has 5 nitrogen and oxygen atoms in total. The van der Waals surface area contributed by atoms with Gasteiger partial charge in [0.25, 0.3) is 5.91 Å². The van der Waals surface area contributed by atoms with Crippen LogP contribution < -0.4 is 10.2 Å². The number of nitriles is 1. The van der Waals surface area contributed by atoms with Crippen LogP contribution in [-0.4, -0.2) is 17.1 Å². The van der Waals surface area contributed by atoms with Gasteiger partial charge < -0.3 is 5.32 Å². The molecule has 0 aliphatic carbocycles. The predicted octanol–water partition coefficient (Wildman–Crippen LogP) is 5.50. The molecule has 1 atom stereocenters. The summed E-state index contributed by atoms with van der Waals surface area (Å²) in [6, 6.07) is 26.8. The molecular weight excluding hydrogens is 510 g/mol. The number of halogens is 1. The van der Waals surface area contributed by atoms with Crippen LogP contribution in [0.2, 0.25) is 0 Å². The van der Waals surface area contributed by atoms with Gasteiger partial charge in [0.15, 0.2) is 0 Å². The first-order valence-corrected chi connectivity index (χ1v) is 12.4. The van der Waals surface area contributed by atoms with Gasteiger partial charge in [0, 0.05) is 16.7 Å². The molecule has 1 N–H and O–H groups in total. The van der Waals surface area contributed by atoms with E-state index in [1.807, 2.05) is 85.8 Å². The Bertz CT molecular complexity index is 1270. The van der Waals surface area contributed by atoms with Crippen LogP contribution in [0, 0.1) is 18.3 Å². The van der Waals surface area contributed by atoms with Gasteiger partial charge in [-0.05, 0) is 48.7 Å². The summed E-state index contributed by atoms with van der Waals surface area (Å²) >= 11 is 4.70. The van der Waals surface area contributed by atoms with Crippen molar-refractivity contribution in [3.05, 3.63) is 111 Å². The summed E-state index contributed by atoms with van der Waals surface area (Å²) in [6.45, 7) is 2.26. The molecule has 2 amide bonds. The van der Waals surface area contributed by atoms with Gasteiger partial charge in [0.2, 0.25) is 5.91 Å². The summed E-state index contributed by atoms with van der Waals surface area (Å²) in [5.41, 5.74) is 3.57. The molecule has 0 saturated carbocycles. The van der Waals surface area contributed by atoms with Gasteiger partial charge in [-0.3, -0.25) is 14.5 Å². The van der Waals surface area contributed by atoms with Gasteiger partial charge in [-0.25, -0.2) is 0 Å². The third kappa shape index (κ3) is 5.41. The van der Waals surface area contributed by atoms with E-state index in [0.717, 1.165) is 21.2 Å². The Hall–Kier alpha value is -3.34. The van der Waals surface area contributed by atoms with E-state index in [-0.39, 0.29) is 11.5 Å². The van der Waals surface area contributed by atoms with E-state index in [4.69, 9.17) is 0 Å².